The molecule has 0 aromatic carbocycles. The first-order valence-electron chi connectivity index (χ1n) is 23.7. The molecule has 0 saturated carbocycles. The van der Waals surface area contributed by atoms with E-state index in [2.05, 4.69) is 184 Å². The average Bonchev–Trinajstić information content (AvgIpc) is 3.27. The summed E-state index contributed by atoms with van der Waals surface area (Å²) < 4.78 is 11.1. The summed E-state index contributed by atoms with van der Waals surface area (Å²) in [4.78, 5) is 12.2. The SMILES string of the molecule is CC/C=C\C/C=C\C/C=C\C/C=C\C/C=C\C/C=C\C/C=C\CCCCCCOCC(CO)OC(=O)CCC/C=C\C/C=C\C/C=C\C/C=C\C/C=C\C/C=C\C/C=C\CC. The second kappa shape index (κ2) is 51.9. The van der Waals surface area contributed by atoms with Gasteiger partial charge in [0.25, 0.3) is 0 Å². The molecular formula is C57H86O4. The van der Waals surface area contributed by atoms with Gasteiger partial charge in [0.15, 0.2) is 0 Å². The molecule has 4 nitrogen and oxygen atoms in total. The van der Waals surface area contributed by atoms with E-state index in [1.807, 2.05) is 0 Å². The molecule has 0 radical (unpaired) electrons. The summed E-state index contributed by atoms with van der Waals surface area (Å²) in [6.07, 6.45) is 82.8. The quantitative estimate of drug-likeness (QED) is 0.0379. The largest absolute Gasteiger partial charge is 0.457 e. The van der Waals surface area contributed by atoms with Crippen molar-refractivity contribution in [1.82, 2.24) is 0 Å². The van der Waals surface area contributed by atoms with Crippen molar-refractivity contribution in [2.24, 2.45) is 0 Å². The number of rotatable bonds is 41. The molecule has 338 valence electrons. The predicted octanol–water partition coefficient (Wildman–Crippen LogP) is 16.3. The number of hydrogen-bond donors (Lipinski definition) is 1. The Morgan fingerprint density at radius 3 is 1.02 bits per heavy atom. The summed E-state index contributed by atoms with van der Waals surface area (Å²) in [5, 5.41) is 9.63. The molecule has 0 amide bonds. The average molecular weight is 835 g/mol. The van der Waals surface area contributed by atoms with E-state index in [1.54, 1.807) is 0 Å². The van der Waals surface area contributed by atoms with Crippen LogP contribution in [0.3, 0.4) is 0 Å². The van der Waals surface area contributed by atoms with Gasteiger partial charge in [-0.3, -0.25) is 4.79 Å². The minimum Gasteiger partial charge on any atom is -0.457 e. The molecule has 1 N–H and O–H groups in total. The van der Waals surface area contributed by atoms with Crippen molar-refractivity contribution < 1.29 is 19.4 Å². The van der Waals surface area contributed by atoms with Gasteiger partial charge in [0.05, 0.1) is 13.2 Å². The van der Waals surface area contributed by atoms with Gasteiger partial charge in [-0.1, -0.05) is 197 Å². The van der Waals surface area contributed by atoms with Crippen LogP contribution in [0.25, 0.3) is 0 Å². The molecule has 1 atom stereocenters. The van der Waals surface area contributed by atoms with Crippen molar-refractivity contribution in [3.63, 3.8) is 0 Å². The number of ether oxygens (including phenoxy) is 2. The van der Waals surface area contributed by atoms with Crippen molar-refractivity contribution in [2.45, 2.75) is 161 Å². The standard InChI is InChI=1S/C57H86O4/c1-3-5-7-9-11-13-15-17-19-21-23-25-27-28-29-31-33-35-37-39-41-43-45-47-49-51-53-60-55-56(54-58)61-57(59)52-50-48-46-44-42-40-38-36-34-32-30-26-24-22-20-18-16-14-12-10-8-6-4-2/h5-8,11-14,17-20,23-26,28-29,32-35,38-41,44,46,56,58H,3-4,9-10,15-16,21-22,27,30-31,36-37,42-43,45,47-55H2,1-2H3/b7-5-,8-6-,13-11-,14-12-,19-17-,20-18-,25-23-,26-24-,29-28-,34-32-,35-33-,40-38-,41-39-,46-44-. The van der Waals surface area contributed by atoms with Crippen molar-refractivity contribution >= 4 is 5.97 Å². The van der Waals surface area contributed by atoms with Crippen LogP contribution in [-0.2, 0) is 14.3 Å². The first-order chi connectivity index (χ1) is 30.2. The summed E-state index contributed by atoms with van der Waals surface area (Å²) in [5.74, 6) is -0.276. The highest BCUT2D eigenvalue weighted by atomic mass is 16.6. The van der Waals surface area contributed by atoms with Crippen LogP contribution in [0.4, 0.5) is 0 Å². The van der Waals surface area contributed by atoms with Gasteiger partial charge in [-0.2, -0.15) is 0 Å². The number of aliphatic hydroxyl groups is 1. The van der Waals surface area contributed by atoms with E-state index in [9.17, 15) is 9.90 Å². The van der Waals surface area contributed by atoms with E-state index in [0.29, 0.717) is 13.0 Å². The van der Waals surface area contributed by atoms with E-state index in [1.165, 1.54) is 12.8 Å². The Kier molecular flexibility index (Phi) is 48.3. The summed E-state index contributed by atoms with van der Waals surface area (Å²) in [7, 11) is 0. The number of unbranched alkanes of at least 4 members (excludes halogenated alkanes) is 5. The van der Waals surface area contributed by atoms with E-state index >= 15 is 0 Å². The molecule has 0 heterocycles. The van der Waals surface area contributed by atoms with Gasteiger partial charge < -0.3 is 14.6 Å². The van der Waals surface area contributed by atoms with Crippen LogP contribution in [0.1, 0.15) is 155 Å². The minimum absolute atomic E-state index is 0.220. The van der Waals surface area contributed by atoms with E-state index < -0.39 is 6.10 Å². The molecule has 1 unspecified atom stereocenters. The number of aliphatic hydroxyl groups excluding tert-OH is 1. The second-order valence-corrected chi connectivity index (χ2v) is 14.7. The highest BCUT2D eigenvalue weighted by Gasteiger charge is 2.13. The van der Waals surface area contributed by atoms with Gasteiger partial charge >= 0.3 is 5.97 Å². The normalized spacial score (nSPS) is 14.0. The highest BCUT2D eigenvalue weighted by molar-refractivity contribution is 5.69. The van der Waals surface area contributed by atoms with Crippen LogP contribution < -0.4 is 0 Å². The zero-order chi connectivity index (χ0) is 44.0. The molecule has 0 saturated heterocycles. The van der Waals surface area contributed by atoms with Gasteiger partial charge in [0.1, 0.15) is 6.10 Å². The lowest BCUT2D eigenvalue weighted by molar-refractivity contribution is -0.154. The van der Waals surface area contributed by atoms with Crippen LogP contribution in [-0.4, -0.2) is 37.0 Å². The fourth-order valence-corrected chi connectivity index (χ4v) is 5.59. The molecule has 0 bridgehead atoms. The smallest absolute Gasteiger partial charge is 0.306 e. The first kappa shape index (κ1) is 56.8. The number of hydrogen-bond acceptors (Lipinski definition) is 4. The molecule has 0 aromatic rings. The molecule has 4 heteroatoms. The van der Waals surface area contributed by atoms with Crippen molar-refractivity contribution in [2.75, 3.05) is 19.8 Å². The number of allylic oxidation sites excluding steroid dienone is 28. The van der Waals surface area contributed by atoms with Crippen LogP contribution in [0.2, 0.25) is 0 Å². The Morgan fingerprint density at radius 1 is 0.393 bits per heavy atom. The van der Waals surface area contributed by atoms with Gasteiger partial charge in [-0.25, -0.2) is 0 Å². The second-order valence-electron chi connectivity index (χ2n) is 14.7. The van der Waals surface area contributed by atoms with Gasteiger partial charge in [-0.05, 0) is 122 Å². The Morgan fingerprint density at radius 2 is 0.689 bits per heavy atom. The number of carbonyl (C=O) groups excluding carboxylic acids is 1. The molecular weight excluding hydrogens is 749 g/mol. The maximum absolute atomic E-state index is 12.2. The fraction of sp³-hybridized carbons (Fsp3) is 0.491. The van der Waals surface area contributed by atoms with Gasteiger partial charge in [-0.15, -0.1) is 0 Å². The number of esters is 1. The molecule has 0 aromatic heterocycles. The fourth-order valence-electron chi connectivity index (χ4n) is 5.59. The van der Waals surface area contributed by atoms with E-state index in [4.69, 9.17) is 9.47 Å². The van der Waals surface area contributed by atoms with Crippen LogP contribution in [0.5, 0.6) is 0 Å². The molecule has 0 rings (SSSR count). The minimum atomic E-state index is -0.595. The summed E-state index contributed by atoms with van der Waals surface area (Å²) in [6.45, 7) is 4.96. The summed E-state index contributed by atoms with van der Waals surface area (Å²) in [6, 6.07) is 0. The predicted molar refractivity (Wildman–Crippen MR) is 269 cm³/mol. The Bertz CT molecular complexity index is 1390. The summed E-state index contributed by atoms with van der Waals surface area (Å²) >= 11 is 0. The van der Waals surface area contributed by atoms with Crippen molar-refractivity contribution in [1.29, 1.82) is 0 Å². The maximum atomic E-state index is 12.2. The molecule has 0 aliphatic carbocycles. The molecule has 0 fully saturated rings. The third kappa shape index (κ3) is 50.0. The van der Waals surface area contributed by atoms with Crippen LogP contribution in [0.15, 0.2) is 170 Å². The molecule has 0 aliphatic heterocycles. The number of carbonyl (C=O) groups is 1. The zero-order valence-corrected chi connectivity index (χ0v) is 38.6. The third-order valence-electron chi connectivity index (χ3n) is 9.04. The Labute approximate surface area is 375 Å². The topological polar surface area (TPSA) is 55.8 Å². The lowest BCUT2D eigenvalue weighted by Gasteiger charge is -2.15. The first-order valence-corrected chi connectivity index (χ1v) is 23.7. The Balaban J connectivity index is 3.69. The van der Waals surface area contributed by atoms with Crippen LogP contribution in [0, 0.1) is 0 Å². The third-order valence-corrected chi connectivity index (χ3v) is 9.04. The van der Waals surface area contributed by atoms with E-state index in [0.717, 1.165) is 122 Å². The molecule has 0 aliphatic rings. The van der Waals surface area contributed by atoms with Crippen LogP contribution >= 0.6 is 0 Å². The van der Waals surface area contributed by atoms with Crippen molar-refractivity contribution in [3.05, 3.63) is 170 Å². The lowest BCUT2D eigenvalue weighted by Crippen LogP contribution is -2.27. The Hall–Kier alpha value is -4.25. The maximum Gasteiger partial charge on any atom is 0.306 e. The highest BCUT2D eigenvalue weighted by Crippen LogP contribution is 2.07. The molecule has 61 heavy (non-hydrogen) atoms. The van der Waals surface area contributed by atoms with E-state index in [-0.39, 0.29) is 19.2 Å². The zero-order valence-electron chi connectivity index (χ0n) is 38.6. The lowest BCUT2D eigenvalue weighted by atomic mass is 10.1. The molecule has 0 spiro atoms. The monoisotopic (exact) mass is 835 g/mol. The van der Waals surface area contributed by atoms with Gasteiger partial charge in [0, 0.05) is 13.0 Å². The summed E-state index contributed by atoms with van der Waals surface area (Å²) in [5.41, 5.74) is 0. The van der Waals surface area contributed by atoms with Gasteiger partial charge in [0.2, 0.25) is 0 Å². The van der Waals surface area contributed by atoms with Crippen molar-refractivity contribution in [3.8, 4) is 0 Å².